The summed E-state index contributed by atoms with van der Waals surface area (Å²) >= 11 is 0. The van der Waals surface area contributed by atoms with E-state index in [1.165, 1.54) is 4.31 Å². The lowest BCUT2D eigenvalue weighted by Gasteiger charge is -2.35. The van der Waals surface area contributed by atoms with Crippen LogP contribution in [0.25, 0.3) is 0 Å². The van der Waals surface area contributed by atoms with Gasteiger partial charge >= 0.3 is 0 Å². The number of carbonyl (C=O) groups is 1. The number of nitrogens with zero attached hydrogens (tertiary/aromatic N) is 1. The van der Waals surface area contributed by atoms with Crippen molar-refractivity contribution in [1.82, 2.24) is 4.31 Å². The maximum atomic E-state index is 13.3. The van der Waals surface area contributed by atoms with Crippen molar-refractivity contribution in [2.75, 3.05) is 5.32 Å². The van der Waals surface area contributed by atoms with Crippen LogP contribution in [0.3, 0.4) is 0 Å². The standard InChI is InChI=1S/C22H20N2O3S/c25-22(23-19-11-3-1-4-12-19)21-15-17-9-7-8-10-18(17)16-24(21)28(26,27)20-13-5-2-6-14-20/h1-14,21H,15-16H2,(H,23,25). The van der Waals surface area contributed by atoms with Gasteiger partial charge in [-0.1, -0.05) is 60.7 Å². The predicted molar refractivity (Wildman–Crippen MR) is 108 cm³/mol. The number of benzene rings is 3. The van der Waals surface area contributed by atoms with Crippen molar-refractivity contribution < 1.29 is 13.2 Å². The first kappa shape index (κ1) is 18.4. The van der Waals surface area contributed by atoms with Gasteiger partial charge in [0.1, 0.15) is 6.04 Å². The molecule has 1 aliphatic heterocycles. The van der Waals surface area contributed by atoms with Crippen molar-refractivity contribution in [3.05, 3.63) is 96.1 Å². The summed E-state index contributed by atoms with van der Waals surface area (Å²) in [5.74, 6) is -0.333. The van der Waals surface area contributed by atoms with Crippen LogP contribution >= 0.6 is 0 Å². The predicted octanol–water partition coefficient (Wildman–Crippen LogP) is 3.44. The molecule has 3 aromatic carbocycles. The van der Waals surface area contributed by atoms with Crippen LogP contribution < -0.4 is 5.32 Å². The molecular formula is C22H20N2O3S. The highest BCUT2D eigenvalue weighted by atomic mass is 32.2. The van der Waals surface area contributed by atoms with E-state index in [1.54, 1.807) is 42.5 Å². The lowest BCUT2D eigenvalue weighted by atomic mass is 9.95. The highest BCUT2D eigenvalue weighted by molar-refractivity contribution is 7.89. The molecule has 4 rings (SSSR count). The molecule has 0 saturated carbocycles. The van der Waals surface area contributed by atoms with Crippen molar-refractivity contribution in [3.63, 3.8) is 0 Å². The minimum absolute atomic E-state index is 0.167. The average molecular weight is 392 g/mol. The molecule has 5 nitrogen and oxygen atoms in total. The van der Waals surface area contributed by atoms with E-state index in [4.69, 9.17) is 0 Å². The number of rotatable bonds is 4. The Morgan fingerprint density at radius 3 is 2.07 bits per heavy atom. The topological polar surface area (TPSA) is 66.5 Å². The first-order chi connectivity index (χ1) is 13.6. The molecule has 0 saturated heterocycles. The second-order valence-corrected chi connectivity index (χ2v) is 8.60. The van der Waals surface area contributed by atoms with Crippen molar-refractivity contribution >= 4 is 21.6 Å². The van der Waals surface area contributed by atoms with Gasteiger partial charge in [-0.3, -0.25) is 4.79 Å². The molecule has 0 fully saturated rings. The van der Waals surface area contributed by atoms with Crippen LogP contribution in [0, 0.1) is 0 Å². The third-order valence-corrected chi connectivity index (χ3v) is 6.77. The zero-order valence-electron chi connectivity index (χ0n) is 15.2. The monoisotopic (exact) mass is 392 g/mol. The van der Waals surface area contributed by atoms with E-state index in [2.05, 4.69) is 5.32 Å². The Morgan fingerprint density at radius 1 is 0.821 bits per heavy atom. The number of anilines is 1. The molecule has 6 heteroatoms. The molecule has 28 heavy (non-hydrogen) atoms. The third-order valence-electron chi connectivity index (χ3n) is 4.90. The molecule has 0 radical (unpaired) electrons. The lowest BCUT2D eigenvalue weighted by Crippen LogP contribution is -2.50. The van der Waals surface area contributed by atoms with Crippen molar-refractivity contribution in [1.29, 1.82) is 0 Å². The largest absolute Gasteiger partial charge is 0.325 e. The maximum absolute atomic E-state index is 13.3. The zero-order valence-corrected chi connectivity index (χ0v) is 16.0. The normalized spacial score (nSPS) is 16.9. The Balaban J connectivity index is 1.72. The molecule has 1 atom stereocenters. The molecule has 0 spiro atoms. The van der Waals surface area contributed by atoms with E-state index in [9.17, 15) is 13.2 Å². The Bertz CT molecular complexity index is 1080. The summed E-state index contributed by atoms with van der Waals surface area (Å²) in [5, 5.41) is 2.85. The molecule has 3 aromatic rings. The van der Waals surface area contributed by atoms with E-state index < -0.39 is 16.1 Å². The van der Waals surface area contributed by atoms with Crippen LogP contribution in [0.4, 0.5) is 5.69 Å². The van der Waals surface area contributed by atoms with Gasteiger partial charge in [0.25, 0.3) is 0 Å². The maximum Gasteiger partial charge on any atom is 0.244 e. The van der Waals surface area contributed by atoms with Crippen LogP contribution in [0.2, 0.25) is 0 Å². The van der Waals surface area contributed by atoms with Crippen LogP contribution in [0.5, 0.6) is 0 Å². The van der Waals surface area contributed by atoms with Gasteiger partial charge in [-0.05, 0) is 41.8 Å². The van der Waals surface area contributed by atoms with Crippen LogP contribution in [-0.2, 0) is 27.8 Å². The fraction of sp³-hybridized carbons (Fsp3) is 0.136. The van der Waals surface area contributed by atoms with E-state index in [0.29, 0.717) is 12.1 Å². The van der Waals surface area contributed by atoms with Gasteiger partial charge in [0, 0.05) is 12.2 Å². The summed E-state index contributed by atoms with van der Waals surface area (Å²) in [6.45, 7) is 0.167. The first-order valence-corrected chi connectivity index (χ1v) is 10.5. The van der Waals surface area contributed by atoms with Crippen molar-refractivity contribution in [3.8, 4) is 0 Å². The fourth-order valence-corrected chi connectivity index (χ4v) is 5.04. The quantitative estimate of drug-likeness (QED) is 0.740. The Hall–Kier alpha value is -2.96. The summed E-state index contributed by atoms with van der Waals surface area (Å²) in [6, 6.07) is 24.2. The molecule has 0 aromatic heterocycles. The molecule has 1 unspecified atom stereocenters. The van der Waals surface area contributed by atoms with Crippen LogP contribution in [0.1, 0.15) is 11.1 Å². The number of hydrogen-bond donors (Lipinski definition) is 1. The van der Waals surface area contributed by atoms with E-state index in [-0.39, 0.29) is 17.3 Å². The highest BCUT2D eigenvalue weighted by Gasteiger charge is 2.39. The summed E-state index contributed by atoms with van der Waals surface area (Å²) in [5.41, 5.74) is 2.56. The number of carbonyl (C=O) groups excluding carboxylic acids is 1. The Kier molecular flexibility index (Phi) is 4.98. The molecule has 0 aliphatic carbocycles. The fourth-order valence-electron chi connectivity index (χ4n) is 3.45. The Labute approximate surface area is 164 Å². The van der Waals surface area contributed by atoms with Gasteiger partial charge in [0.05, 0.1) is 4.90 Å². The van der Waals surface area contributed by atoms with Gasteiger partial charge in [-0.25, -0.2) is 8.42 Å². The summed E-state index contributed by atoms with van der Waals surface area (Å²) in [6.07, 6.45) is 0.334. The van der Waals surface area contributed by atoms with Gasteiger partial charge in [-0.15, -0.1) is 0 Å². The lowest BCUT2D eigenvalue weighted by molar-refractivity contribution is -0.120. The Morgan fingerprint density at radius 2 is 1.39 bits per heavy atom. The smallest absolute Gasteiger partial charge is 0.244 e. The second kappa shape index (κ2) is 7.58. The number of amides is 1. The average Bonchev–Trinajstić information content (AvgIpc) is 2.74. The highest BCUT2D eigenvalue weighted by Crippen LogP contribution is 2.29. The number of para-hydroxylation sites is 1. The van der Waals surface area contributed by atoms with E-state index in [0.717, 1.165) is 11.1 Å². The summed E-state index contributed by atoms with van der Waals surface area (Å²) in [7, 11) is -3.82. The number of hydrogen-bond acceptors (Lipinski definition) is 3. The SMILES string of the molecule is O=C(Nc1ccccc1)C1Cc2ccccc2CN1S(=O)(=O)c1ccccc1. The second-order valence-electron chi connectivity index (χ2n) is 6.71. The first-order valence-electron chi connectivity index (χ1n) is 9.05. The van der Waals surface area contributed by atoms with Crippen LogP contribution in [-0.4, -0.2) is 24.7 Å². The molecule has 1 N–H and O–H groups in total. The molecule has 1 aliphatic rings. The summed E-state index contributed by atoms with van der Waals surface area (Å²) in [4.78, 5) is 13.2. The molecule has 0 bridgehead atoms. The summed E-state index contributed by atoms with van der Waals surface area (Å²) < 4.78 is 27.9. The van der Waals surface area contributed by atoms with Gasteiger partial charge in [0.2, 0.25) is 15.9 Å². The van der Waals surface area contributed by atoms with Crippen molar-refractivity contribution in [2.24, 2.45) is 0 Å². The van der Waals surface area contributed by atoms with Gasteiger partial charge in [0.15, 0.2) is 0 Å². The van der Waals surface area contributed by atoms with Gasteiger partial charge < -0.3 is 5.32 Å². The number of fused-ring (bicyclic) bond motifs is 1. The zero-order chi connectivity index (χ0) is 19.6. The van der Waals surface area contributed by atoms with Gasteiger partial charge in [-0.2, -0.15) is 4.31 Å². The number of nitrogens with one attached hydrogen (secondary N) is 1. The molecule has 142 valence electrons. The van der Waals surface area contributed by atoms with Crippen molar-refractivity contribution in [2.45, 2.75) is 23.9 Å². The minimum Gasteiger partial charge on any atom is -0.325 e. The molecule has 1 amide bonds. The number of sulfonamides is 1. The molecular weight excluding hydrogens is 372 g/mol. The van der Waals surface area contributed by atoms with E-state index in [1.807, 2.05) is 42.5 Å². The minimum atomic E-state index is -3.82. The van der Waals surface area contributed by atoms with Crippen LogP contribution in [0.15, 0.2) is 89.8 Å². The van der Waals surface area contributed by atoms with E-state index >= 15 is 0 Å². The third kappa shape index (κ3) is 3.56. The molecule has 1 heterocycles.